The van der Waals surface area contributed by atoms with E-state index in [0.29, 0.717) is 6.61 Å². The fraction of sp³-hybridized carbons (Fsp3) is 0.692. The van der Waals surface area contributed by atoms with Gasteiger partial charge in [0.25, 0.3) is 0 Å². The van der Waals surface area contributed by atoms with Crippen molar-refractivity contribution in [3.8, 4) is 0 Å². The first-order valence-corrected chi connectivity index (χ1v) is 6.31. The first-order chi connectivity index (χ1) is 8.81. The Bertz CT molecular complexity index is 353. The minimum atomic E-state index is -0.353. The van der Waals surface area contributed by atoms with Crippen molar-refractivity contribution in [2.75, 3.05) is 6.61 Å². The monoisotopic (exact) mass is 254 g/mol. The quantitative estimate of drug-likeness (QED) is 0.696. The van der Waals surface area contributed by atoms with E-state index in [-0.39, 0.29) is 37.2 Å². The van der Waals surface area contributed by atoms with Gasteiger partial charge < -0.3 is 23.7 Å². The van der Waals surface area contributed by atoms with E-state index in [1.165, 1.54) is 0 Å². The van der Waals surface area contributed by atoms with Crippen molar-refractivity contribution in [1.29, 1.82) is 0 Å². The number of fused-ring (bicyclic) bond motifs is 3. The van der Waals surface area contributed by atoms with E-state index < -0.39 is 0 Å². The molecule has 0 aliphatic carbocycles. The summed E-state index contributed by atoms with van der Waals surface area (Å²) in [6.07, 6.45) is 6.14. The topological polar surface area (TPSA) is 46.2 Å². The average Bonchev–Trinajstić information content (AvgIpc) is 2.87. The molecule has 2 unspecified atom stereocenters. The van der Waals surface area contributed by atoms with Crippen LogP contribution in [0.4, 0.5) is 0 Å². The summed E-state index contributed by atoms with van der Waals surface area (Å²) in [6, 6.07) is 0. The van der Waals surface area contributed by atoms with Crippen LogP contribution >= 0.6 is 0 Å². The fourth-order valence-corrected chi connectivity index (χ4v) is 2.45. The highest BCUT2D eigenvalue weighted by atomic mass is 16.8. The SMILES string of the molecule is C/C=C/C1OC[C@H]2O[C@@H]3OC(/C=C/C)O[C@@H]3[C@H]2O1. The van der Waals surface area contributed by atoms with Crippen LogP contribution in [0.3, 0.4) is 0 Å². The van der Waals surface area contributed by atoms with Crippen molar-refractivity contribution in [2.24, 2.45) is 0 Å². The zero-order valence-electron chi connectivity index (χ0n) is 10.5. The lowest BCUT2D eigenvalue weighted by Gasteiger charge is -2.31. The minimum Gasteiger partial charge on any atom is -0.346 e. The van der Waals surface area contributed by atoms with Gasteiger partial charge in [0, 0.05) is 0 Å². The average molecular weight is 254 g/mol. The molecule has 100 valence electrons. The Hall–Kier alpha value is -0.720. The van der Waals surface area contributed by atoms with Gasteiger partial charge in [0.15, 0.2) is 18.9 Å². The first kappa shape index (κ1) is 12.3. The van der Waals surface area contributed by atoms with Crippen LogP contribution in [0.2, 0.25) is 0 Å². The third-order valence-corrected chi connectivity index (χ3v) is 3.24. The number of ether oxygens (including phenoxy) is 5. The Labute approximate surface area is 106 Å². The van der Waals surface area contributed by atoms with Crippen molar-refractivity contribution in [3.63, 3.8) is 0 Å². The molecule has 3 saturated heterocycles. The van der Waals surface area contributed by atoms with Crippen molar-refractivity contribution < 1.29 is 23.7 Å². The summed E-state index contributed by atoms with van der Waals surface area (Å²) < 4.78 is 28.5. The van der Waals surface area contributed by atoms with Crippen LogP contribution in [0.5, 0.6) is 0 Å². The van der Waals surface area contributed by atoms with Gasteiger partial charge in [-0.15, -0.1) is 0 Å². The highest BCUT2D eigenvalue weighted by Gasteiger charge is 2.54. The molecule has 0 saturated carbocycles. The second-order valence-electron chi connectivity index (χ2n) is 4.50. The smallest absolute Gasteiger partial charge is 0.190 e. The summed E-state index contributed by atoms with van der Waals surface area (Å²) >= 11 is 0. The zero-order valence-corrected chi connectivity index (χ0v) is 10.5. The molecular weight excluding hydrogens is 236 g/mol. The number of hydrogen-bond donors (Lipinski definition) is 0. The van der Waals surface area contributed by atoms with Gasteiger partial charge >= 0.3 is 0 Å². The summed E-state index contributed by atoms with van der Waals surface area (Å²) in [5, 5.41) is 0. The van der Waals surface area contributed by atoms with E-state index in [0.717, 1.165) is 0 Å². The molecule has 6 atom stereocenters. The molecule has 5 nitrogen and oxygen atoms in total. The van der Waals surface area contributed by atoms with Gasteiger partial charge in [-0.05, 0) is 26.0 Å². The van der Waals surface area contributed by atoms with Crippen molar-refractivity contribution in [2.45, 2.75) is 51.0 Å². The Morgan fingerprint density at radius 3 is 2.33 bits per heavy atom. The summed E-state index contributed by atoms with van der Waals surface area (Å²) in [4.78, 5) is 0. The molecule has 0 N–H and O–H groups in total. The van der Waals surface area contributed by atoms with Crippen LogP contribution in [0.25, 0.3) is 0 Å². The second-order valence-corrected chi connectivity index (χ2v) is 4.50. The molecule has 0 aromatic heterocycles. The molecule has 3 rings (SSSR count). The normalized spacial score (nSPS) is 47.9. The lowest BCUT2D eigenvalue weighted by Crippen LogP contribution is -2.45. The van der Waals surface area contributed by atoms with Crippen LogP contribution in [-0.2, 0) is 23.7 Å². The van der Waals surface area contributed by atoms with E-state index >= 15 is 0 Å². The molecule has 3 fully saturated rings. The van der Waals surface area contributed by atoms with Crippen LogP contribution in [0.1, 0.15) is 13.8 Å². The molecule has 0 bridgehead atoms. The van der Waals surface area contributed by atoms with Gasteiger partial charge in [0.1, 0.15) is 18.3 Å². The fourth-order valence-electron chi connectivity index (χ4n) is 2.45. The molecule has 18 heavy (non-hydrogen) atoms. The summed E-state index contributed by atoms with van der Waals surface area (Å²) in [5.41, 5.74) is 0. The number of allylic oxidation sites excluding steroid dienone is 2. The first-order valence-electron chi connectivity index (χ1n) is 6.31. The van der Waals surface area contributed by atoms with Crippen LogP contribution in [0, 0.1) is 0 Å². The Balaban J connectivity index is 1.67. The minimum absolute atomic E-state index is 0.104. The number of hydrogen-bond acceptors (Lipinski definition) is 5. The molecule has 0 aromatic carbocycles. The standard InChI is InChI=1S/C13H18O5/c1-3-5-9-14-7-8-11(16-9)12-13(15-8)18-10(17-12)6-4-2/h3-6,8-13H,7H2,1-2H3/b5-3+,6-4+/t8-,9?,10?,11+,12-,13-/m1/s1. The summed E-state index contributed by atoms with van der Waals surface area (Å²) in [6.45, 7) is 4.37. The lowest BCUT2D eigenvalue weighted by molar-refractivity contribution is -0.249. The zero-order chi connectivity index (χ0) is 12.5. The molecular formula is C13H18O5. The molecule has 0 radical (unpaired) electrons. The molecule has 0 aromatic rings. The Morgan fingerprint density at radius 1 is 0.833 bits per heavy atom. The van der Waals surface area contributed by atoms with Gasteiger partial charge in [-0.3, -0.25) is 0 Å². The van der Waals surface area contributed by atoms with E-state index in [4.69, 9.17) is 23.7 Å². The maximum Gasteiger partial charge on any atom is 0.190 e. The molecule has 5 heteroatoms. The molecule has 3 aliphatic heterocycles. The summed E-state index contributed by atoms with van der Waals surface area (Å²) in [5.74, 6) is 0. The van der Waals surface area contributed by atoms with E-state index in [9.17, 15) is 0 Å². The van der Waals surface area contributed by atoms with Crippen LogP contribution < -0.4 is 0 Å². The van der Waals surface area contributed by atoms with Crippen molar-refractivity contribution in [1.82, 2.24) is 0 Å². The van der Waals surface area contributed by atoms with E-state index in [1.54, 1.807) is 0 Å². The summed E-state index contributed by atoms with van der Waals surface area (Å²) in [7, 11) is 0. The van der Waals surface area contributed by atoms with Gasteiger partial charge in [-0.25, -0.2) is 0 Å². The number of rotatable bonds is 2. The predicted octanol–water partition coefficient (Wildman–Crippen LogP) is 1.35. The third-order valence-electron chi connectivity index (χ3n) is 3.24. The van der Waals surface area contributed by atoms with E-state index in [1.807, 2.05) is 38.2 Å². The predicted molar refractivity (Wildman–Crippen MR) is 62.6 cm³/mol. The molecule has 0 amide bonds. The van der Waals surface area contributed by atoms with E-state index in [2.05, 4.69) is 0 Å². The van der Waals surface area contributed by atoms with Gasteiger partial charge in [-0.2, -0.15) is 0 Å². The van der Waals surface area contributed by atoms with Crippen LogP contribution in [0.15, 0.2) is 24.3 Å². The Morgan fingerprint density at radius 2 is 1.56 bits per heavy atom. The molecule has 3 heterocycles. The van der Waals surface area contributed by atoms with Crippen LogP contribution in [-0.4, -0.2) is 43.8 Å². The highest BCUT2D eigenvalue weighted by Crippen LogP contribution is 2.37. The maximum atomic E-state index is 5.83. The van der Waals surface area contributed by atoms with Gasteiger partial charge in [0.05, 0.1) is 6.61 Å². The van der Waals surface area contributed by atoms with Gasteiger partial charge in [-0.1, -0.05) is 12.2 Å². The van der Waals surface area contributed by atoms with Crippen molar-refractivity contribution >= 4 is 0 Å². The van der Waals surface area contributed by atoms with Gasteiger partial charge in [0.2, 0.25) is 0 Å². The molecule has 3 aliphatic rings. The highest BCUT2D eigenvalue weighted by molar-refractivity contribution is 4.99. The van der Waals surface area contributed by atoms with Crippen molar-refractivity contribution in [3.05, 3.63) is 24.3 Å². The lowest BCUT2D eigenvalue weighted by atomic mass is 10.1. The maximum absolute atomic E-state index is 5.83. The largest absolute Gasteiger partial charge is 0.346 e. The molecule has 0 spiro atoms. The second kappa shape index (κ2) is 5.11. The Kier molecular flexibility index (Phi) is 3.50. The third kappa shape index (κ3) is 2.13.